The summed E-state index contributed by atoms with van der Waals surface area (Å²) in [7, 11) is 0. The Morgan fingerprint density at radius 3 is 3.14 bits per heavy atom. The number of hydrogen-bond acceptors (Lipinski definition) is 5. The Hall–Kier alpha value is -1.43. The highest BCUT2D eigenvalue weighted by Crippen LogP contribution is 2.33. The second kappa shape index (κ2) is 5.65. The van der Waals surface area contributed by atoms with Crippen molar-refractivity contribution in [2.24, 2.45) is 0 Å². The van der Waals surface area contributed by atoms with Crippen molar-refractivity contribution in [1.29, 1.82) is 0 Å². The molecule has 2 atom stereocenters. The largest absolute Gasteiger partial charge is 0.457 e. The van der Waals surface area contributed by atoms with E-state index in [1.165, 1.54) is 5.56 Å². The van der Waals surface area contributed by atoms with Gasteiger partial charge in [0.2, 0.25) is 0 Å². The van der Waals surface area contributed by atoms with Crippen LogP contribution in [0.4, 0.5) is 0 Å². The highest BCUT2D eigenvalue weighted by atomic mass is 16.5. The monoisotopic (exact) mass is 302 g/mol. The lowest BCUT2D eigenvalue weighted by Gasteiger charge is -2.39. The van der Waals surface area contributed by atoms with Crippen LogP contribution < -0.4 is 5.32 Å². The minimum Gasteiger partial charge on any atom is -0.457 e. The summed E-state index contributed by atoms with van der Waals surface area (Å²) in [4.78, 5) is 14.2. The molecule has 0 saturated carbocycles. The zero-order valence-electron chi connectivity index (χ0n) is 12.9. The summed E-state index contributed by atoms with van der Waals surface area (Å²) in [5.41, 5.74) is 4.10. The van der Waals surface area contributed by atoms with Gasteiger partial charge in [0.25, 0.3) is 0 Å². The van der Waals surface area contributed by atoms with E-state index in [1.54, 1.807) is 0 Å². The topological polar surface area (TPSA) is 50.8 Å². The van der Waals surface area contributed by atoms with Crippen molar-refractivity contribution in [3.8, 4) is 0 Å². The van der Waals surface area contributed by atoms with E-state index in [2.05, 4.69) is 17.1 Å². The first kappa shape index (κ1) is 14.2. The van der Waals surface area contributed by atoms with Gasteiger partial charge in [-0.15, -0.1) is 0 Å². The van der Waals surface area contributed by atoms with E-state index >= 15 is 0 Å². The molecule has 1 aromatic rings. The molecule has 4 rings (SSSR count). The van der Waals surface area contributed by atoms with Crippen LogP contribution >= 0.6 is 0 Å². The van der Waals surface area contributed by atoms with E-state index in [0.29, 0.717) is 18.2 Å². The van der Waals surface area contributed by atoms with Crippen LogP contribution in [0, 0.1) is 6.92 Å². The normalized spacial score (nSPS) is 28.7. The maximum absolute atomic E-state index is 11.7. The van der Waals surface area contributed by atoms with Crippen LogP contribution in [0.5, 0.6) is 0 Å². The molecule has 22 heavy (non-hydrogen) atoms. The molecule has 0 amide bonds. The summed E-state index contributed by atoms with van der Waals surface area (Å²) in [5.74, 6) is -0.201. The number of hydrogen-bond donors (Lipinski definition) is 1. The van der Waals surface area contributed by atoms with Crippen molar-refractivity contribution in [2.45, 2.75) is 32.1 Å². The number of rotatable bonds is 1. The van der Waals surface area contributed by atoms with Crippen molar-refractivity contribution in [1.82, 2.24) is 10.2 Å². The molecule has 1 N–H and O–H groups in total. The first-order valence-corrected chi connectivity index (χ1v) is 8.10. The van der Waals surface area contributed by atoms with Gasteiger partial charge in [0.15, 0.2) is 0 Å². The van der Waals surface area contributed by atoms with Gasteiger partial charge in [0, 0.05) is 31.2 Å². The number of cyclic esters (lactones) is 1. The smallest absolute Gasteiger partial charge is 0.338 e. The highest BCUT2D eigenvalue weighted by Gasteiger charge is 2.33. The van der Waals surface area contributed by atoms with Crippen molar-refractivity contribution in [3.05, 3.63) is 34.4 Å². The van der Waals surface area contributed by atoms with E-state index < -0.39 is 0 Å². The average molecular weight is 302 g/mol. The molecule has 3 aliphatic rings. The summed E-state index contributed by atoms with van der Waals surface area (Å²) in [6.45, 7) is 7.41. The van der Waals surface area contributed by atoms with Crippen molar-refractivity contribution < 1.29 is 14.3 Å². The van der Waals surface area contributed by atoms with E-state index in [1.807, 2.05) is 12.1 Å². The number of carbonyl (C=O) groups excluding carboxylic acids is 1. The Morgan fingerprint density at radius 1 is 1.32 bits per heavy atom. The third-order valence-corrected chi connectivity index (χ3v) is 5.19. The molecule has 5 heteroatoms. The van der Waals surface area contributed by atoms with Crippen LogP contribution in [0.15, 0.2) is 12.1 Å². The Balaban J connectivity index is 1.59. The number of morpholine rings is 1. The molecule has 0 radical (unpaired) electrons. The molecule has 3 aliphatic heterocycles. The lowest BCUT2D eigenvalue weighted by atomic mass is 9.94. The van der Waals surface area contributed by atoms with Gasteiger partial charge in [0.05, 0.1) is 18.3 Å². The predicted octanol–water partition coefficient (Wildman–Crippen LogP) is 1.40. The first-order valence-electron chi connectivity index (χ1n) is 8.10. The van der Waals surface area contributed by atoms with E-state index in [9.17, 15) is 4.79 Å². The van der Waals surface area contributed by atoms with Crippen LogP contribution in [-0.2, 0) is 16.1 Å². The van der Waals surface area contributed by atoms with E-state index in [0.717, 1.165) is 50.3 Å². The van der Waals surface area contributed by atoms with Gasteiger partial charge >= 0.3 is 5.97 Å². The fourth-order valence-corrected chi connectivity index (χ4v) is 3.81. The number of fused-ring (bicyclic) bond motifs is 2. The minimum atomic E-state index is -0.201. The Bertz CT molecular complexity index is 602. The zero-order valence-corrected chi connectivity index (χ0v) is 12.9. The fraction of sp³-hybridized carbons (Fsp3) is 0.588. The maximum atomic E-state index is 11.7. The van der Waals surface area contributed by atoms with Crippen LogP contribution in [0.25, 0.3) is 0 Å². The molecule has 3 heterocycles. The van der Waals surface area contributed by atoms with Crippen molar-refractivity contribution in [3.63, 3.8) is 0 Å². The third-order valence-electron chi connectivity index (χ3n) is 5.19. The summed E-state index contributed by atoms with van der Waals surface area (Å²) >= 11 is 0. The number of ether oxygens (including phenoxy) is 2. The van der Waals surface area contributed by atoms with Gasteiger partial charge in [-0.3, -0.25) is 4.90 Å². The number of carbonyl (C=O) groups is 1. The number of nitrogens with one attached hydrogen (secondary N) is 1. The quantitative estimate of drug-likeness (QED) is 0.795. The molecular weight excluding hydrogens is 280 g/mol. The van der Waals surface area contributed by atoms with Gasteiger partial charge in [-0.2, -0.15) is 0 Å². The second-order valence-corrected chi connectivity index (χ2v) is 6.39. The molecule has 2 fully saturated rings. The molecule has 2 unspecified atom stereocenters. The third kappa shape index (κ3) is 2.33. The summed E-state index contributed by atoms with van der Waals surface area (Å²) in [6, 6.07) is 4.47. The molecule has 0 spiro atoms. The molecule has 2 saturated heterocycles. The summed E-state index contributed by atoms with van der Waals surface area (Å²) in [5, 5.41) is 3.46. The molecule has 118 valence electrons. The van der Waals surface area contributed by atoms with Gasteiger partial charge in [-0.05, 0) is 37.1 Å². The fourth-order valence-electron chi connectivity index (χ4n) is 3.81. The van der Waals surface area contributed by atoms with Crippen LogP contribution in [-0.4, -0.2) is 49.7 Å². The summed E-state index contributed by atoms with van der Waals surface area (Å²) in [6.07, 6.45) is 1.24. The van der Waals surface area contributed by atoms with E-state index in [4.69, 9.17) is 9.47 Å². The first-order chi connectivity index (χ1) is 10.7. The molecular formula is C17H22N2O3. The molecule has 5 nitrogen and oxygen atoms in total. The lowest BCUT2D eigenvalue weighted by molar-refractivity contribution is -0.0630. The SMILES string of the molecule is Cc1c(C2CN3CCNCCC3CO2)ccc2c1COC2=O. The van der Waals surface area contributed by atoms with Gasteiger partial charge < -0.3 is 14.8 Å². The number of esters is 1. The van der Waals surface area contributed by atoms with Gasteiger partial charge in [-0.1, -0.05) is 6.07 Å². The Kier molecular flexibility index (Phi) is 3.64. The molecule has 0 aliphatic carbocycles. The molecule has 0 aromatic heterocycles. The van der Waals surface area contributed by atoms with Gasteiger partial charge in [0.1, 0.15) is 6.61 Å². The minimum absolute atomic E-state index is 0.0929. The van der Waals surface area contributed by atoms with Crippen molar-refractivity contribution >= 4 is 5.97 Å². The van der Waals surface area contributed by atoms with Crippen molar-refractivity contribution in [2.75, 3.05) is 32.8 Å². The molecule has 1 aromatic carbocycles. The maximum Gasteiger partial charge on any atom is 0.338 e. The second-order valence-electron chi connectivity index (χ2n) is 6.39. The van der Waals surface area contributed by atoms with Crippen LogP contribution in [0.1, 0.15) is 39.6 Å². The Labute approximate surface area is 130 Å². The number of benzene rings is 1. The predicted molar refractivity (Wildman–Crippen MR) is 81.8 cm³/mol. The van der Waals surface area contributed by atoms with Crippen LogP contribution in [0.2, 0.25) is 0 Å². The highest BCUT2D eigenvalue weighted by molar-refractivity contribution is 5.93. The van der Waals surface area contributed by atoms with Crippen LogP contribution in [0.3, 0.4) is 0 Å². The standard InChI is InChI=1S/C17H22N2O3/c1-11-13(2-3-14-15(11)10-22-17(14)20)16-8-19-7-6-18-5-4-12(19)9-21-16/h2-3,12,16,18H,4-10H2,1H3. The summed E-state index contributed by atoms with van der Waals surface area (Å²) < 4.78 is 11.3. The zero-order chi connectivity index (χ0) is 15.1. The lowest BCUT2D eigenvalue weighted by Crippen LogP contribution is -2.47. The Morgan fingerprint density at radius 2 is 2.23 bits per heavy atom. The molecule has 0 bridgehead atoms. The van der Waals surface area contributed by atoms with E-state index in [-0.39, 0.29) is 12.1 Å². The number of nitrogens with zero attached hydrogens (tertiary/aromatic N) is 1. The van der Waals surface area contributed by atoms with Gasteiger partial charge in [-0.25, -0.2) is 4.79 Å². The average Bonchev–Trinajstić information content (AvgIpc) is 2.77.